The molecule has 3 aliphatic rings. The van der Waals surface area contributed by atoms with Crippen LogP contribution in [0.5, 0.6) is 0 Å². The Kier molecular flexibility index (Phi) is 11.7. The minimum atomic E-state index is -1.17. The van der Waals surface area contributed by atoms with Crippen molar-refractivity contribution in [2.24, 2.45) is 0 Å². The van der Waals surface area contributed by atoms with Crippen LogP contribution < -0.4 is 25.8 Å². The van der Waals surface area contributed by atoms with E-state index in [0.29, 0.717) is 61.2 Å². The third kappa shape index (κ3) is 8.40. The maximum atomic E-state index is 13.2. The molecule has 0 radical (unpaired) electrons. The molecule has 5 atom stereocenters. The summed E-state index contributed by atoms with van der Waals surface area (Å²) in [6.45, 7) is 6.87. The molecule has 16 nitrogen and oxygen atoms in total. The lowest BCUT2D eigenvalue weighted by molar-refractivity contribution is -0.0299. The lowest BCUT2D eigenvalue weighted by atomic mass is 9.91. The summed E-state index contributed by atoms with van der Waals surface area (Å²) in [6, 6.07) is 23.8. The van der Waals surface area contributed by atoms with E-state index in [2.05, 4.69) is 55.1 Å². The van der Waals surface area contributed by atoms with Crippen molar-refractivity contribution in [3.8, 4) is 0 Å². The standard InChI is InChI=1S/C42H50N10O6/c1-3-57-40(55)29-14-15-33(43-22-29)50-19-16-30(17-20-50)46-42(56)47-31-18-21-51(24-31)41-48-37(34-38(49-41)52(25-45-34)39-36(54)35(53)26(2)58-39)44-23-32(27-10-6-4-7-11-27)28-12-8-5-9-13-28/h4-15,22,25-26,30-32,35-36,39,53-54H,3,16-21,23-24H2,1-2H3,(H,44,48,49)(H2,46,47,56)/t26-,31-,35-,36-,39-/m1/s1. The molecule has 3 aliphatic heterocycles. The molecule has 3 fully saturated rings. The van der Waals surface area contributed by atoms with E-state index in [4.69, 9.17) is 19.4 Å². The third-order valence-electron chi connectivity index (χ3n) is 11.3. The Morgan fingerprint density at radius 3 is 2.17 bits per heavy atom. The van der Waals surface area contributed by atoms with Crippen molar-refractivity contribution >= 4 is 40.7 Å². The number of urea groups is 1. The van der Waals surface area contributed by atoms with Crippen molar-refractivity contribution in [3.63, 3.8) is 0 Å². The lowest BCUT2D eigenvalue weighted by Gasteiger charge is -2.33. The van der Waals surface area contributed by atoms with Crippen LogP contribution in [0.4, 0.5) is 22.4 Å². The van der Waals surface area contributed by atoms with Crippen molar-refractivity contribution in [1.82, 2.24) is 35.1 Å². The second kappa shape index (κ2) is 17.3. The van der Waals surface area contributed by atoms with E-state index in [1.807, 2.05) is 47.4 Å². The van der Waals surface area contributed by atoms with E-state index in [9.17, 15) is 19.8 Å². The van der Waals surface area contributed by atoms with Crippen molar-refractivity contribution < 1.29 is 29.3 Å². The van der Waals surface area contributed by atoms with Crippen LogP contribution in [0.1, 0.15) is 66.7 Å². The molecule has 8 rings (SSSR count). The number of hydrogen-bond donors (Lipinski definition) is 5. The fourth-order valence-electron chi connectivity index (χ4n) is 8.04. The molecule has 5 aromatic rings. The lowest BCUT2D eigenvalue weighted by Crippen LogP contribution is -2.50. The number of imidazole rings is 1. The van der Waals surface area contributed by atoms with E-state index in [0.717, 1.165) is 42.9 Å². The second-order valence-electron chi connectivity index (χ2n) is 15.1. The highest BCUT2D eigenvalue weighted by atomic mass is 16.6. The second-order valence-corrected chi connectivity index (χ2v) is 15.1. The number of piperidine rings is 1. The van der Waals surface area contributed by atoms with Gasteiger partial charge in [0.15, 0.2) is 23.2 Å². The zero-order valence-corrected chi connectivity index (χ0v) is 32.6. The number of aliphatic hydroxyl groups is 2. The van der Waals surface area contributed by atoms with E-state index in [1.165, 1.54) is 0 Å². The van der Waals surface area contributed by atoms with Crippen molar-refractivity contribution in [2.45, 2.75) is 75.7 Å². The first-order valence-electron chi connectivity index (χ1n) is 20.1. The van der Waals surface area contributed by atoms with Crippen LogP contribution in [0.3, 0.4) is 0 Å². The highest BCUT2D eigenvalue weighted by molar-refractivity contribution is 5.89. The maximum Gasteiger partial charge on any atom is 0.339 e. The van der Waals surface area contributed by atoms with Crippen LogP contribution >= 0.6 is 0 Å². The SMILES string of the molecule is CCOC(=O)c1ccc(N2CCC(NC(=O)N[C@@H]3CCN(c4nc(NCC(c5ccccc5)c5ccccc5)c5ncn([C@@H]6O[C@H](C)[C@@H](O)[C@H]6O)c5n4)C3)CC2)nc1. The summed E-state index contributed by atoms with van der Waals surface area (Å²) in [5.74, 6) is 1.40. The van der Waals surface area contributed by atoms with Crippen molar-refractivity contribution in [1.29, 1.82) is 0 Å². The summed E-state index contributed by atoms with van der Waals surface area (Å²) >= 11 is 0. The van der Waals surface area contributed by atoms with Crippen LogP contribution in [-0.4, -0.2) is 116 Å². The summed E-state index contributed by atoms with van der Waals surface area (Å²) in [7, 11) is 0. The molecule has 0 saturated carbocycles. The Balaban J connectivity index is 0.944. The predicted molar refractivity (Wildman–Crippen MR) is 218 cm³/mol. The molecule has 304 valence electrons. The Morgan fingerprint density at radius 1 is 0.862 bits per heavy atom. The molecular formula is C42H50N10O6. The number of hydrogen-bond acceptors (Lipinski definition) is 13. The van der Waals surface area contributed by atoms with Crippen LogP contribution in [0.25, 0.3) is 11.2 Å². The first-order valence-corrected chi connectivity index (χ1v) is 20.1. The van der Waals surface area contributed by atoms with Crippen molar-refractivity contribution in [3.05, 3.63) is 102 Å². The van der Waals surface area contributed by atoms with E-state index in [-0.39, 0.29) is 30.0 Å². The van der Waals surface area contributed by atoms with Gasteiger partial charge < -0.3 is 45.4 Å². The highest BCUT2D eigenvalue weighted by Gasteiger charge is 2.42. The molecule has 0 aliphatic carbocycles. The Bertz CT molecular complexity index is 2130. The van der Waals surface area contributed by atoms with Gasteiger partial charge in [0.1, 0.15) is 18.0 Å². The number of aliphatic hydroxyl groups excluding tert-OH is 2. The number of nitrogens with zero attached hydrogens (tertiary/aromatic N) is 7. The van der Waals surface area contributed by atoms with E-state index in [1.54, 1.807) is 37.0 Å². The molecule has 2 amide bonds. The average molecular weight is 791 g/mol. The van der Waals surface area contributed by atoms with Gasteiger partial charge in [0.25, 0.3) is 0 Å². The minimum absolute atomic E-state index is 0.0113. The molecular weight excluding hydrogens is 741 g/mol. The average Bonchev–Trinajstić information content (AvgIpc) is 3.96. The van der Waals surface area contributed by atoms with Gasteiger partial charge in [0, 0.05) is 56.9 Å². The number of pyridine rings is 1. The van der Waals surface area contributed by atoms with Crippen LogP contribution in [-0.2, 0) is 9.47 Å². The fourth-order valence-corrected chi connectivity index (χ4v) is 8.04. The number of aromatic nitrogens is 5. The number of carbonyl (C=O) groups excluding carboxylic acids is 2. The van der Waals surface area contributed by atoms with Crippen LogP contribution in [0.15, 0.2) is 85.3 Å². The minimum Gasteiger partial charge on any atom is -0.462 e. The van der Waals surface area contributed by atoms with Crippen molar-refractivity contribution in [2.75, 3.05) is 54.4 Å². The Labute approximate surface area is 336 Å². The largest absolute Gasteiger partial charge is 0.462 e. The fraction of sp³-hybridized carbons (Fsp3) is 0.429. The highest BCUT2D eigenvalue weighted by Crippen LogP contribution is 2.34. The van der Waals surface area contributed by atoms with Gasteiger partial charge in [0.2, 0.25) is 5.95 Å². The Hall–Kier alpha value is -5.84. The number of carbonyl (C=O) groups is 2. The van der Waals surface area contributed by atoms with Gasteiger partial charge in [0.05, 0.1) is 24.6 Å². The molecule has 0 unspecified atom stereocenters. The quantitative estimate of drug-likeness (QED) is 0.115. The summed E-state index contributed by atoms with van der Waals surface area (Å²) in [4.78, 5) is 48.5. The number of fused-ring (bicyclic) bond motifs is 1. The van der Waals surface area contributed by atoms with Gasteiger partial charge in [-0.3, -0.25) is 4.57 Å². The number of ether oxygens (including phenoxy) is 2. The summed E-state index contributed by atoms with van der Waals surface area (Å²) < 4.78 is 12.7. The first-order chi connectivity index (χ1) is 28.2. The molecule has 0 bridgehead atoms. The Morgan fingerprint density at radius 2 is 1.53 bits per heavy atom. The maximum absolute atomic E-state index is 13.2. The third-order valence-corrected chi connectivity index (χ3v) is 11.3. The first kappa shape index (κ1) is 39.0. The van der Waals surface area contributed by atoms with Gasteiger partial charge in [-0.15, -0.1) is 0 Å². The van der Waals surface area contributed by atoms with Gasteiger partial charge in [-0.05, 0) is 56.4 Å². The topological polar surface area (TPSA) is 192 Å². The number of anilines is 3. The number of esters is 1. The molecule has 5 N–H and O–H groups in total. The van der Waals surface area contributed by atoms with E-state index >= 15 is 0 Å². The number of benzene rings is 2. The van der Waals surface area contributed by atoms with E-state index < -0.39 is 24.5 Å². The van der Waals surface area contributed by atoms with Gasteiger partial charge in [-0.25, -0.2) is 19.6 Å². The van der Waals surface area contributed by atoms with Gasteiger partial charge in [-0.2, -0.15) is 9.97 Å². The number of amides is 2. The molecule has 3 saturated heterocycles. The zero-order chi connectivity index (χ0) is 40.2. The summed E-state index contributed by atoms with van der Waals surface area (Å²) in [5.41, 5.74) is 3.69. The molecule has 2 aromatic carbocycles. The van der Waals surface area contributed by atoms with Gasteiger partial charge >= 0.3 is 12.0 Å². The number of rotatable bonds is 12. The smallest absolute Gasteiger partial charge is 0.339 e. The molecule has 58 heavy (non-hydrogen) atoms. The zero-order valence-electron chi connectivity index (χ0n) is 32.6. The normalized spacial score (nSPS) is 22.4. The summed E-state index contributed by atoms with van der Waals surface area (Å²) in [6.07, 6.45) is 1.63. The van der Waals surface area contributed by atoms with Crippen LogP contribution in [0.2, 0.25) is 0 Å². The molecule has 6 heterocycles. The molecule has 0 spiro atoms. The number of nitrogens with one attached hydrogen (secondary N) is 3. The summed E-state index contributed by atoms with van der Waals surface area (Å²) in [5, 5.41) is 31.4. The van der Waals surface area contributed by atoms with Gasteiger partial charge in [-0.1, -0.05) is 60.7 Å². The predicted octanol–water partition coefficient (Wildman–Crippen LogP) is 3.83. The molecule has 3 aromatic heterocycles. The van der Waals surface area contributed by atoms with Crippen LogP contribution in [0, 0.1) is 0 Å². The monoisotopic (exact) mass is 790 g/mol. The molecule has 16 heteroatoms.